The Bertz CT molecular complexity index is 902. The molecule has 0 aromatic heterocycles. The van der Waals surface area contributed by atoms with E-state index >= 15 is 0 Å². The number of nitrogens with zero attached hydrogens (tertiary/aromatic N) is 1. The van der Waals surface area contributed by atoms with Gasteiger partial charge in [0.05, 0.1) is 31.0 Å². The van der Waals surface area contributed by atoms with Crippen LogP contribution in [-0.4, -0.2) is 50.1 Å². The third kappa shape index (κ3) is 5.00. The lowest BCUT2D eigenvalue weighted by atomic mass is 10.1. The Morgan fingerprint density at radius 3 is 2.14 bits per heavy atom. The van der Waals surface area contributed by atoms with Crippen LogP contribution in [0.1, 0.15) is 49.5 Å². The molecule has 7 heteroatoms. The number of methoxy groups -OCH3 is 2. The largest absolute Gasteiger partial charge is 0.465 e. The molecule has 0 atom stereocenters. The van der Waals surface area contributed by atoms with Crippen LogP contribution in [0.15, 0.2) is 42.5 Å². The molecule has 1 aliphatic rings. The molecular weight excluding hydrogens is 372 g/mol. The van der Waals surface area contributed by atoms with Crippen LogP contribution in [0.3, 0.4) is 0 Å². The van der Waals surface area contributed by atoms with Crippen LogP contribution < -0.4 is 5.32 Å². The number of benzene rings is 2. The number of ether oxygens (including phenoxy) is 2. The minimum absolute atomic E-state index is 0.152. The maximum absolute atomic E-state index is 12.7. The number of nitrogens with one attached hydrogen (secondary N) is 1. The van der Waals surface area contributed by atoms with Crippen molar-refractivity contribution in [2.24, 2.45) is 0 Å². The van der Waals surface area contributed by atoms with Crippen LogP contribution in [0.25, 0.3) is 0 Å². The van der Waals surface area contributed by atoms with E-state index in [1.54, 1.807) is 12.1 Å². The molecule has 2 aromatic carbocycles. The Morgan fingerprint density at radius 2 is 1.52 bits per heavy atom. The van der Waals surface area contributed by atoms with Gasteiger partial charge in [-0.1, -0.05) is 12.1 Å². The molecule has 0 radical (unpaired) electrons. The molecule has 0 bridgehead atoms. The predicted molar refractivity (Wildman–Crippen MR) is 108 cm³/mol. The topological polar surface area (TPSA) is 84.9 Å². The second kappa shape index (κ2) is 9.34. The maximum Gasteiger partial charge on any atom is 0.339 e. The zero-order valence-corrected chi connectivity index (χ0v) is 16.6. The van der Waals surface area contributed by atoms with Gasteiger partial charge in [0.25, 0.3) is 5.91 Å². The van der Waals surface area contributed by atoms with Crippen LogP contribution in [-0.2, 0) is 16.0 Å². The molecule has 7 nitrogen and oxygen atoms in total. The van der Waals surface area contributed by atoms with Gasteiger partial charge in [-0.15, -0.1) is 0 Å². The van der Waals surface area contributed by atoms with Crippen molar-refractivity contribution >= 4 is 23.5 Å². The van der Waals surface area contributed by atoms with Crippen molar-refractivity contribution in [2.45, 2.75) is 19.4 Å². The Hall–Kier alpha value is -3.19. The minimum Gasteiger partial charge on any atom is -0.465 e. The lowest BCUT2D eigenvalue weighted by Gasteiger charge is -2.15. The van der Waals surface area contributed by atoms with E-state index < -0.39 is 11.9 Å². The number of anilines is 1. The van der Waals surface area contributed by atoms with Gasteiger partial charge in [-0.25, -0.2) is 9.59 Å². The maximum atomic E-state index is 12.7. The molecule has 1 aliphatic heterocycles. The second-order valence-electron chi connectivity index (χ2n) is 6.88. The molecule has 2 aromatic rings. The van der Waals surface area contributed by atoms with Gasteiger partial charge in [0, 0.05) is 12.1 Å². The second-order valence-corrected chi connectivity index (χ2v) is 6.88. The molecule has 0 spiro atoms. The first-order valence-electron chi connectivity index (χ1n) is 9.45. The van der Waals surface area contributed by atoms with Crippen LogP contribution in [0.4, 0.5) is 5.69 Å². The first-order chi connectivity index (χ1) is 14.0. The Balaban J connectivity index is 1.77. The highest BCUT2D eigenvalue weighted by Crippen LogP contribution is 2.21. The standard InChI is InChI=1S/C22H24N2O5/c1-28-21(26)17-9-10-18(22(27)29-2)19(13-17)23-20(25)16-7-5-15(6-8-16)14-24-11-3-4-12-24/h5-10,13H,3-4,11-12,14H2,1-2H3,(H,23,25). The van der Waals surface area contributed by atoms with Gasteiger partial charge in [0.1, 0.15) is 0 Å². The van der Waals surface area contributed by atoms with E-state index in [4.69, 9.17) is 9.47 Å². The minimum atomic E-state index is -0.613. The average Bonchev–Trinajstić information content (AvgIpc) is 3.26. The zero-order valence-electron chi connectivity index (χ0n) is 16.6. The van der Waals surface area contributed by atoms with Gasteiger partial charge in [0.15, 0.2) is 0 Å². The average molecular weight is 396 g/mol. The van der Waals surface area contributed by atoms with Gasteiger partial charge < -0.3 is 14.8 Å². The summed E-state index contributed by atoms with van der Waals surface area (Å²) in [6.07, 6.45) is 2.46. The van der Waals surface area contributed by atoms with Gasteiger partial charge in [-0.05, 0) is 61.8 Å². The fourth-order valence-electron chi connectivity index (χ4n) is 3.34. The summed E-state index contributed by atoms with van der Waals surface area (Å²) < 4.78 is 9.46. The van der Waals surface area contributed by atoms with E-state index in [-0.39, 0.29) is 22.7 Å². The van der Waals surface area contributed by atoms with Crippen molar-refractivity contribution in [3.63, 3.8) is 0 Å². The SMILES string of the molecule is COC(=O)c1ccc(C(=O)OC)c(NC(=O)c2ccc(CN3CCCC3)cc2)c1. The number of amides is 1. The molecule has 3 rings (SSSR count). The third-order valence-corrected chi connectivity index (χ3v) is 4.92. The van der Waals surface area contributed by atoms with Gasteiger partial charge >= 0.3 is 11.9 Å². The van der Waals surface area contributed by atoms with Crippen molar-refractivity contribution in [2.75, 3.05) is 32.6 Å². The molecule has 0 aliphatic carbocycles. The number of carbonyl (C=O) groups excluding carboxylic acids is 3. The molecule has 1 N–H and O–H groups in total. The van der Waals surface area contributed by atoms with E-state index in [1.165, 1.54) is 45.3 Å². The molecule has 1 fully saturated rings. The summed E-state index contributed by atoms with van der Waals surface area (Å²) in [6.45, 7) is 3.08. The van der Waals surface area contributed by atoms with Crippen molar-refractivity contribution in [3.05, 3.63) is 64.7 Å². The first kappa shape index (κ1) is 20.5. The monoisotopic (exact) mass is 396 g/mol. The molecule has 0 unspecified atom stereocenters. The Labute approximate surface area is 169 Å². The highest BCUT2D eigenvalue weighted by Gasteiger charge is 2.18. The predicted octanol–water partition coefficient (Wildman–Crippen LogP) is 3.11. The van der Waals surface area contributed by atoms with Crippen molar-refractivity contribution in [1.82, 2.24) is 4.90 Å². The van der Waals surface area contributed by atoms with Crippen LogP contribution >= 0.6 is 0 Å². The van der Waals surface area contributed by atoms with Gasteiger partial charge in [0.2, 0.25) is 0 Å². The Morgan fingerprint density at radius 1 is 0.897 bits per heavy atom. The normalized spacial score (nSPS) is 13.7. The molecule has 1 amide bonds. The number of hydrogen-bond acceptors (Lipinski definition) is 6. The van der Waals surface area contributed by atoms with Crippen LogP contribution in [0.5, 0.6) is 0 Å². The lowest BCUT2D eigenvalue weighted by Crippen LogP contribution is -2.19. The lowest BCUT2D eigenvalue weighted by molar-refractivity contribution is 0.0587. The quantitative estimate of drug-likeness (QED) is 0.756. The van der Waals surface area contributed by atoms with Crippen molar-refractivity contribution in [3.8, 4) is 0 Å². The van der Waals surface area contributed by atoms with Crippen LogP contribution in [0, 0.1) is 0 Å². The third-order valence-electron chi connectivity index (χ3n) is 4.92. The number of esters is 2. The van der Waals surface area contributed by atoms with E-state index in [1.807, 2.05) is 12.1 Å². The number of rotatable bonds is 6. The van der Waals surface area contributed by atoms with E-state index in [0.717, 1.165) is 25.2 Å². The molecule has 1 saturated heterocycles. The van der Waals surface area contributed by atoms with Crippen molar-refractivity contribution in [1.29, 1.82) is 0 Å². The van der Waals surface area contributed by atoms with E-state index in [2.05, 4.69) is 10.2 Å². The summed E-state index contributed by atoms with van der Waals surface area (Å²) in [6, 6.07) is 11.6. The van der Waals surface area contributed by atoms with E-state index in [9.17, 15) is 14.4 Å². The molecular formula is C22H24N2O5. The van der Waals surface area contributed by atoms with Gasteiger partial charge in [-0.2, -0.15) is 0 Å². The summed E-state index contributed by atoms with van der Waals surface area (Å²) in [5, 5.41) is 2.70. The summed E-state index contributed by atoms with van der Waals surface area (Å²) in [5.74, 6) is -1.56. The highest BCUT2D eigenvalue weighted by atomic mass is 16.5. The molecule has 29 heavy (non-hydrogen) atoms. The van der Waals surface area contributed by atoms with E-state index in [0.29, 0.717) is 5.56 Å². The fraction of sp³-hybridized carbons (Fsp3) is 0.318. The molecule has 1 heterocycles. The highest BCUT2D eigenvalue weighted by molar-refractivity contribution is 6.09. The molecule has 0 saturated carbocycles. The van der Waals surface area contributed by atoms with Gasteiger partial charge in [-0.3, -0.25) is 9.69 Å². The summed E-state index contributed by atoms with van der Waals surface area (Å²) in [7, 11) is 2.51. The smallest absolute Gasteiger partial charge is 0.339 e. The summed E-state index contributed by atoms with van der Waals surface area (Å²) >= 11 is 0. The summed E-state index contributed by atoms with van der Waals surface area (Å²) in [5.41, 5.74) is 2.15. The summed E-state index contributed by atoms with van der Waals surface area (Å²) in [4.78, 5) is 38.9. The Kier molecular flexibility index (Phi) is 6.61. The number of likely N-dealkylation sites (tertiary alicyclic amines) is 1. The first-order valence-corrected chi connectivity index (χ1v) is 9.45. The molecule has 152 valence electrons. The number of carbonyl (C=O) groups is 3. The van der Waals surface area contributed by atoms with Crippen molar-refractivity contribution < 1.29 is 23.9 Å². The number of hydrogen-bond donors (Lipinski definition) is 1. The zero-order chi connectivity index (χ0) is 20.8. The van der Waals surface area contributed by atoms with Crippen LogP contribution in [0.2, 0.25) is 0 Å². The fourth-order valence-corrected chi connectivity index (χ4v) is 3.34.